The molecule has 0 aliphatic carbocycles. The van der Waals surface area contributed by atoms with E-state index in [4.69, 9.17) is 19.7 Å². The lowest BCUT2D eigenvalue weighted by atomic mass is 10.0. The van der Waals surface area contributed by atoms with Crippen molar-refractivity contribution in [3.05, 3.63) is 22.6 Å². The number of methoxy groups -OCH3 is 1. The lowest BCUT2D eigenvalue weighted by Crippen LogP contribution is -2.24. The van der Waals surface area contributed by atoms with E-state index in [1.54, 1.807) is 0 Å². The zero-order valence-electron chi connectivity index (χ0n) is 13.0. The van der Waals surface area contributed by atoms with Gasteiger partial charge in [0.1, 0.15) is 6.10 Å². The molecule has 1 heterocycles. The molecule has 0 aromatic carbocycles. The molecule has 0 aromatic rings. The maximum absolute atomic E-state index is 11.5. The highest BCUT2D eigenvalue weighted by Crippen LogP contribution is 2.29. The molecule has 0 N–H and O–H groups in total. The number of esters is 1. The molecule has 0 aromatic heterocycles. The molecule has 0 unspecified atom stereocenters. The Kier molecular flexibility index (Phi) is 6.68. The van der Waals surface area contributed by atoms with Crippen molar-refractivity contribution in [2.24, 2.45) is 11.0 Å². The van der Waals surface area contributed by atoms with Crippen LogP contribution >= 0.6 is 0 Å². The minimum absolute atomic E-state index is 0.155. The van der Waals surface area contributed by atoms with Gasteiger partial charge in [0, 0.05) is 4.91 Å². The summed E-state index contributed by atoms with van der Waals surface area (Å²) in [7, 11) is 1.39. The lowest BCUT2D eigenvalue weighted by molar-refractivity contribution is -0.145. The number of carbonyl (C=O) groups is 1. The van der Waals surface area contributed by atoms with Crippen LogP contribution in [0.2, 0.25) is 0 Å². The normalized spacial score (nSPS) is 25.5. The minimum atomic E-state index is -0.711. The Hall–Kier alpha value is -1.56. The summed E-state index contributed by atoms with van der Waals surface area (Å²) in [4.78, 5) is 14.3. The van der Waals surface area contributed by atoms with Gasteiger partial charge in [-0.25, -0.2) is 0 Å². The molecule has 1 rings (SSSR count). The summed E-state index contributed by atoms with van der Waals surface area (Å²) in [5.41, 5.74) is 8.40. The van der Waals surface area contributed by atoms with Crippen LogP contribution < -0.4 is 0 Å². The SMILES string of the molecule is CC[C@@H](C/C=C/[C@@H]1OC(C)(C)O[C@@H]1CN=[N+]=[N-])C(=O)OC. The monoisotopic (exact) mass is 297 g/mol. The van der Waals surface area contributed by atoms with Gasteiger partial charge in [-0.15, -0.1) is 0 Å². The first kappa shape index (κ1) is 17.5. The van der Waals surface area contributed by atoms with Crippen molar-refractivity contribution in [1.29, 1.82) is 0 Å². The summed E-state index contributed by atoms with van der Waals surface area (Å²) in [6.45, 7) is 5.78. The van der Waals surface area contributed by atoms with E-state index in [1.165, 1.54) is 7.11 Å². The number of nitrogens with zero attached hydrogens (tertiary/aromatic N) is 3. The highest BCUT2D eigenvalue weighted by atomic mass is 16.7. The van der Waals surface area contributed by atoms with E-state index < -0.39 is 5.79 Å². The van der Waals surface area contributed by atoms with E-state index in [9.17, 15) is 4.79 Å². The largest absolute Gasteiger partial charge is 0.469 e. The molecule has 7 nitrogen and oxygen atoms in total. The Bertz CT molecular complexity index is 430. The summed E-state index contributed by atoms with van der Waals surface area (Å²) in [6, 6.07) is 0. The zero-order chi connectivity index (χ0) is 15.9. The second-order valence-corrected chi connectivity index (χ2v) is 5.34. The molecule has 21 heavy (non-hydrogen) atoms. The molecule has 3 atom stereocenters. The maximum atomic E-state index is 11.5. The first-order valence-corrected chi connectivity index (χ1v) is 7.04. The van der Waals surface area contributed by atoms with Crippen molar-refractivity contribution < 1.29 is 19.0 Å². The third-order valence-corrected chi connectivity index (χ3v) is 3.32. The molecule has 0 radical (unpaired) electrons. The lowest BCUT2D eigenvalue weighted by Gasteiger charge is -2.16. The van der Waals surface area contributed by atoms with Crippen molar-refractivity contribution >= 4 is 5.97 Å². The molecule has 1 aliphatic heterocycles. The Balaban J connectivity index is 2.63. The van der Waals surface area contributed by atoms with Crippen LogP contribution in [0.5, 0.6) is 0 Å². The van der Waals surface area contributed by atoms with Gasteiger partial charge in [0.2, 0.25) is 0 Å². The smallest absolute Gasteiger partial charge is 0.308 e. The molecule has 1 aliphatic rings. The van der Waals surface area contributed by atoms with Crippen LogP contribution in [0.1, 0.15) is 33.6 Å². The van der Waals surface area contributed by atoms with Gasteiger partial charge in [-0.3, -0.25) is 4.79 Å². The third kappa shape index (κ3) is 5.38. The summed E-state index contributed by atoms with van der Waals surface area (Å²) >= 11 is 0. The number of ether oxygens (including phenoxy) is 3. The minimum Gasteiger partial charge on any atom is -0.469 e. The number of carbonyl (C=O) groups excluding carboxylic acids is 1. The van der Waals surface area contributed by atoms with Crippen molar-refractivity contribution in [2.45, 2.75) is 51.6 Å². The maximum Gasteiger partial charge on any atom is 0.308 e. The van der Waals surface area contributed by atoms with Crippen LogP contribution in [0.3, 0.4) is 0 Å². The van der Waals surface area contributed by atoms with Crippen LogP contribution in [0.15, 0.2) is 17.3 Å². The quantitative estimate of drug-likeness (QED) is 0.237. The standard InChI is InChI=1S/C14H23N3O4/c1-5-10(13(18)19-4)7-6-8-11-12(9-16-17-15)21-14(2,3)20-11/h6,8,10-12H,5,7,9H2,1-4H3/b8-6+/t10-,11-,12+/m0/s1. The van der Waals surface area contributed by atoms with Crippen molar-refractivity contribution in [2.75, 3.05) is 13.7 Å². The van der Waals surface area contributed by atoms with Gasteiger partial charge >= 0.3 is 5.97 Å². The molecular formula is C14H23N3O4. The van der Waals surface area contributed by atoms with Crippen molar-refractivity contribution in [3.63, 3.8) is 0 Å². The second-order valence-electron chi connectivity index (χ2n) is 5.34. The van der Waals surface area contributed by atoms with E-state index in [0.717, 1.165) is 0 Å². The van der Waals surface area contributed by atoms with Gasteiger partial charge in [-0.05, 0) is 32.2 Å². The van der Waals surface area contributed by atoms with Crippen LogP contribution in [0.4, 0.5) is 0 Å². The topological polar surface area (TPSA) is 93.5 Å². The molecule has 1 fully saturated rings. The fourth-order valence-electron chi connectivity index (χ4n) is 2.26. The van der Waals surface area contributed by atoms with Crippen LogP contribution in [-0.2, 0) is 19.0 Å². The highest BCUT2D eigenvalue weighted by molar-refractivity contribution is 5.72. The Morgan fingerprint density at radius 3 is 2.81 bits per heavy atom. The number of rotatable bonds is 7. The molecule has 0 spiro atoms. The Morgan fingerprint density at radius 2 is 2.24 bits per heavy atom. The fraction of sp³-hybridized carbons (Fsp3) is 0.786. The molecule has 0 bridgehead atoms. The first-order valence-electron chi connectivity index (χ1n) is 7.04. The molecule has 0 saturated carbocycles. The van der Waals surface area contributed by atoms with Gasteiger partial charge in [-0.2, -0.15) is 0 Å². The predicted molar refractivity (Wildman–Crippen MR) is 77.4 cm³/mol. The number of azide groups is 1. The summed E-state index contributed by atoms with van der Waals surface area (Å²) < 4.78 is 16.2. The first-order chi connectivity index (χ1) is 9.93. The van der Waals surface area contributed by atoms with Gasteiger partial charge in [0.15, 0.2) is 5.79 Å². The predicted octanol–water partition coefficient (Wildman–Crippen LogP) is 2.96. The Labute approximate surface area is 124 Å². The van der Waals surface area contributed by atoms with Crippen LogP contribution in [0.25, 0.3) is 10.4 Å². The summed E-state index contributed by atoms with van der Waals surface area (Å²) in [5, 5.41) is 3.54. The number of hydrogen-bond acceptors (Lipinski definition) is 5. The average molecular weight is 297 g/mol. The molecule has 1 saturated heterocycles. The number of allylic oxidation sites excluding steroid dienone is 1. The van der Waals surface area contributed by atoms with E-state index in [-0.39, 0.29) is 30.6 Å². The Morgan fingerprint density at radius 1 is 1.52 bits per heavy atom. The molecule has 7 heteroatoms. The average Bonchev–Trinajstić information content (AvgIpc) is 2.74. The van der Waals surface area contributed by atoms with E-state index in [0.29, 0.717) is 12.8 Å². The van der Waals surface area contributed by atoms with Crippen molar-refractivity contribution in [1.82, 2.24) is 0 Å². The zero-order valence-corrected chi connectivity index (χ0v) is 13.0. The van der Waals surface area contributed by atoms with Gasteiger partial charge in [0.25, 0.3) is 0 Å². The van der Waals surface area contributed by atoms with Crippen LogP contribution in [0, 0.1) is 5.92 Å². The van der Waals surface area contributed by atoms with E-state index in [2.05, 4.69) is 10.0 Å². The molecule has 0 amide bonds. The highest BCUT2D eigenvalue weighted by Gasteiger charge is 2.39. The molecular weight excluding hydrogens is 274 g/mol. The second kappa shape index (κ2) is 8.02. The van der Waals surface area contributed by atoms with Gasteiger partial charge in [0.05, 0.1) is 25.7 Å². The van der Waals surface area contributed by atoms with Crippen molar-refractivity contribution in [3.8, 4) is 0 Å². The molecule has 118 valence electrons. The summed E-state index contributed by atoms with van der Waals surface area (Å²) in [5.74, 6) is -1.08. The summed E-state index contributed by atoms with van der Waals surface area (Å²) in [6.07, 6.45) is 4.44. The van der Waals surface area contributed by atoms with Crippen LogP contribution in [-0.4, -0.2) is 37.6 Å². The van der Waals surface area contributed by atoms with Gasteiger partial charge < -0.3 is 14.2 Å². The fourth-order valence-corrected chi connectivity index (χ4v) is 2.26. The third-order valence-electron chi connectivity index (χ3n) is 3.32. The van der Waals surface area contributed by atoms with Gasteiger partial charge in [-0.1, -0.05) is 24.2 Å². The van der Waals surface area contributed by atoms with E-state index in [1.807, 2.05) is 32.9 Å². The number of hydrogen-bond donors (Lipinski definition) is 0. The van der Waals surface area contributed by atoms with E-state index >= 15 is 0 Å².